The van der Waals surface area contributed by atoms with Crippen molar-refractivity contribution in [1.82, 2.24) is 9.55 Å². The van der Waals surface area contributed by atoms with Crippen LogP contribution in [-0.4, -0.2) is 16.7 Å². The van der Waals surface area contributed by atoms with Gasteiger partial charge in [-0.3, -0.25) is 4.57 Å². The molecule has 108 valence electrons. The van der Waals surface area contributed by atoms with Crippen LogP contribution in [0.2, 0.25) is 5.02 Å². The second kappa shape index (κ2) is 5.87. The first-order valence-corrected chi connectivity index (χ1v) is 7.91. The van der Waals surface area contributed by atoms with Gasteiger partial charge in [0.1, 0.15) is 11.6 Å². The Bertz CT molecular complexity index is 817. The number of rotatable bonds is 3. The van der Waals surface area contributed by atoms with Gasteiger partial charge in [0.15, 0.2) is 0 Å². The zero-order valence-electron chi connectivity index (χ0n) is 11.1. The van der Waals surface area contributed by atoms with Gasteiger partial charge in [-0.2, -0.15) is 0 Å². The number of alkyl halides is 1. The summed E-state index contributed by atoms with van der Waals surface area (Å²) in [6.45, 7) is 0. The van der Waals surface area contributed by atoms with Gasteiger partial charge in [0.2, 0.25) is 0 Å². The first-order valence-electron chi connectivity index (χ1n) is 6.21. The maximum Gasteiger partial charge on any atom is 0.129 e. The Balaban J connectivity index is 2.35. The highest BCUT2D eigenvalue weighted by molar-refractivity contribution is 9.10. The van der Waals surface area contributed by atoms with E-state index in [1.807, 2.05) is 34.9 Å². The fourth-order valence-corrected chi connectivity index (χ4v) is 2.98. The lowest BCUT2D eigenvalue weighted by Crippen LogP contribution is -2.00. The minimum absolute atomic E-state index is 0.292. The fourth-order valence-electron chi connectivity index (χ4n) is 2.25. The molecule has 0 aliphatic carbocycles. The van der Waals surface area contributed by atoms with Crippen LogP contribution in [-0.2, 0) is 5.88 Å². The van der Waals surface area contributed by atoms with Gasteiger partial charge in [-0.15, -0.1) is 11.6 Å². The predicted octanol–water partition coefficient (Wildman–Crippen LogP) is 5.19. The second-order valence-corrected chi connectivity index (χ2v) is 6.04. The molecule has 0 saturated carbocycles. The number of benzene rings is 2. The summed E-state index contributed by atoms with van der Waals surface area (Å²) in [5, 5.41) is 0.612. The predicted molar refractivity (Wildman–Crippen MR) is 89.9 cm³/mol. The van der Waals surface area contributed by atoms with Crippen LogP contribution in [0, 0.1) is 0 Å². The third kappa shape index (κ3) is 2.63. The summed E-state index contributed by atoms with van der Waals surface area (Å²) < 4.78 is 8.21. The Hall–Kier alpha value is -1.23. The molecule has 0 spiro atoms. The average molecular weight is 386 g/mol. The molecule has 0 aliphatic heterocycles. The molecule has 3 rings (SSSR count). The molecule has 0 N–H and O–H groups in total. The third-order valence-electron chi connectivity index (χ3n) is 3.20. The molecule has 3 nitrogen and oxygen atoms in total. The Morgan fingerprint density at radius 1 is 1.24 bits per heavy atom. The van der Waals surface area contributed by atoms with Gasteiger partial charge in [0, 0.05) is 10.5 Å². The van der Waals surface area contributed by atoms with Crippen LogP contribution in [0.5, 0.6) is 5.75 Å². The first-order chi connectivity index (χ1) is 10.1. The highest BCUT2D eigenvalue weighted by atomic mass is 79.9. The van der Waals surface area contributed by atoms with Crippen molar-refractivity contribution in [3.8, 4) is 11.4 Å². The van der Waals surface area contributed by atoms with Crippen molar-refractivity contribution in [3.05, 3.63) is 51.7 Å². The zero-order chi connectivity index (χ0) is 15.0. The number of hydrogen-bond acceptors (Lipinski definition) is 2. The van der Waals surface area contributed by atoms with Crippen LogP contribution in [0.25, 0.3) is 16.7 Å². The fraction of sp³-hybridized carbons (Fsp3) is 0.133. The molecule has 0 bridgehead atoms. The largest absolute Gasteiger partial charge is 0.497 e. The van der Waals surface area contributed by atoms with E-state index < -0.39 is 0 Å². The zero-order valence-corrected chi connectivity index (χ0v) is 14.2. The van der Waals surface area contributed by atoms with E-state index in [1.54, 1.807) is 13.2 Å². The lowest BCUT2D eigenvalue weighted by atomic mass is 10.2. The summed E-state index contributed by atoms with van der Waals surface area (Å²) in [5.41, 5.74) is 2.61. The topological polar surface area (TPSA) is 27.1 Å². The molecule has 3 aromatic rings. The molecule has 21 heavy (non-hydrogen) atoms. The van der Waals surface area contributed by atoms with E-state index in [-0.39, 0.29) is 0 Å². The van der Waals surface area contributed by atoms with E-state index in [1.165, 1.54) is 0 Å². The lowest BCUT2D eigenvalue weighted by molar-refractivity contribution is 0.414. The van der Waals surface area contributed by atoms with E-state index in [2.05, 4.69) is 20.9 Å². The number of aromatic nitrogens is 2. The van der Waals surface area contributed by atoms with E-state index in [0.29, 0.717) is 10.9 Å². The van der Waals surface area contributed by atoms with Crippen LogP contribution in [0.1, 0.15) is 5.82 Å². The van der Waals surface area contributed by atoms with Crippen molar-refractivity contribution < 1.29 is 4.74 Å². The number of halogens is 3. The summed E-state index contributed by atoms with van der Waals surface area (Å²) >= 11 is 15.9. The SMILES string of the molecule is COc1ccc(Cl)c(-n2c(CCl)nc3ccc(Br)cc32)c1. The smallest absolute Gasteiger partial charge is 0.129 e. The molecule has 1 aromatic heterocycles. The minimum atomic E-state index is 0.292. The molecule has 0 fully saturated rings. The number of methoxy groups -OCH3 is 1. The van der Waals surface area contributed by atoms with Crippen molar-refractivity contribution in [2.24, 2.45) is 0 Å². The van der Waals surface area contributed by atoms with E-state index in [0.717, 1.165) is 32.8 Å². The minimum Gasteiger partial charge on any atom is -0.497 e. The molecular formula is C15H11BrCl2N2O. The molecule has 0 unspecified atom stereocenters. The molecule has 2 aromatic carbocycles. The summed E-state index contributed by atoms with van der Waals surface area (Å²) in [6, 6.07) is 11.4. The van der Waals surface area contributed by atoms with Gasteiger partial charge in [-0.25, -0.2) is 4.98 Å². The van der Waals surface area contributed by atoms with Crippen LogP contribution >= 0.6 is 39.1 Å². The normalized spacial score (nSPS) is 11.0. The van der Waals surface area contributed by atoms with Crippen LogP contribution in [0.4, 0.5) is 0 Å². The Labute approximate surface area is 140 Å². The van der Waals surface area contributed by atoms with Gasteiger partial charge in [-0.1, -0.05) is 27.5 Å². The molecule has 6 heteroatoms. The van der Waals surface area contributed by atoms with Crippen LogP contribution < -0.4 is 4.74 Å². The molecule has 0 atom stereocenters. The van der Waals surface area contributed by atoms with Crippen molar-refractivity contribution in [2.45, 2.75) is 5.88 Å². The number of nitrogens with zero attached hydrogens (tertiary/aromatic N) is 2. The summed E-state index contributed by atoms with van der Waals surface area (Å²) in [5.74, 6) is 1.76. The maximum atomic E-state index is 6.35. The maximum absolute atomic E-state index is 6.35. The Morgan fingerprint density at radius 3 is 2.76 bits per heavy atom. The number of fused-ring (bicyclic) bond motifs is 1. The van der Waals surface area contributed by atoms with Gasteiger partial charge in [-0.05, 0) is 30.3 Å². The molecule has 0 saturated heterocycles. The number of hydrogen-bond donors (Lipinski definition) is 0. The average Bonchev–Trinajstić information content (AvgIpc) is 2.85. The monoisotopic (exact) mass is 384 g/mol. The van der Waals surface area contributed by atoms with Crippen molar-refractivity contribution in [2.75, 3.05) is 7.11 Å². The van der Waals surface area contributed by atoms with Crippen molar-refractivity contribution >= 4 is 50.2 Å². The molecule has 0 aliphatic rings. The number of imidazole rings is 1. The summed E-state index contributed by atoms with van der Waals surface area (Å²) in [7, 11) is 1.62. The highest BCUT2D eigenvalue weighted by Crippen LogP contribution is 2.31. The number of ether oxygens (including phenoxy) is 1. The van der Waals surface area contributed by atoms with Gasteiger partial charge < -0.3 is 4.74 Å². The third-order valence-corrected chi connectivity index (χ3v) is 4.25. The van der Waals surface area contributed by atoms with Gasteiger partial charge in [0.05, 0.1) is 34.7 Å². The molecular weight excluding hydrogens is 375 g/mol. The highest BCUT2D eigenvalue weighted by Gasteiger charge is 2.15. The Kier molecular flexibility index (Phi) is 4.11. The Morgan fingerprint density at radius 2 is 2.05 bits per heavy atom. The summed E-state index contributed by atoms with van der Waals surface area (Å²) in [6.07, 6.45) is 0. The standard InChI is InChI=1S/C15H11BrCl2N2O/c1-21-10-3-4-11(18)13(7-10)20-14-6-9(16)2-5-12(14)19-15(20)8-17/h2-7H,8H2,1H3. The van der Waals surface area contributed by atoms with Crippen molar-refractivity contribution in [3.63, 3.8) is 0 Å². The molecule has 0 radical (unpaired) electrons. The van der Waals surface area contributed by atoms with Gasteiger partial charge in [0.25, 0.3) is 0 Å². The summed E-state index contributed by atoms with van der Waals surface area (Å²) in [4.78, 5) is 4.56. The van der Waals surface area contributed by atoms with Gasteiger partial charge >= 0.3 is 0 Å². The first kappa shape index (κ1) is 14.7. The lowest BCUT2D eigenvalue weighted by Gasteiger charge is -2.11. The van der Waals surface area contributed by atoms with Crippen LogP contribution in [0.15, 0.2) is 40.9 Å². The second-order valence-electron chi connectivity index (χ2n) is 4.45. The molecule has 1 heterocycles. The van der Waals surface area contributed by atoms with Crippen LogP contribution in [0.3, 0.4) is 0 Å². The van der Waals surface area contributed by atoms with Crippen molar-refractivity contribution in [1.29, 1.82) is 0 Å². The van der Waals surface area contributed by atoms with E-state index >= 15 is 0 Å². The van der Waals surface area contributed by atoms with E-state index in [9.17, 15) is 0 Å². The quantitative estimate of drug-likeness (QED) is 0.580. The van der Waals surface area contributed by atoms with E-state index in [4.69, 9.17) is 27.9 Å². The molecule has 0 amide bonds.